The molecular formula is C14H18O6. The number of allylic oxidation sites excluding steroid dienone is 1. The number of hydrogen-bond acceptors (Lipinski definition) is 5. The first kappa shape index (κ1) is 15.9. The highest BCUT2D eigenvalue weighted by Crippen LogP contribution is 2.37. The van der Waals surface area contributed by atoms with E-state index in [-0.39, 0.29) is 13.2 Å². The number of carbonyl (C=O) groups excluding carboxylic acids is 2. The van der Waals surface area contributed by atoms with Crippen LogP contribution in [-0.4, -0.2) is 36.2 Å². The summed E-state index contributed by atoms with van der Waals surface area (Å²) in [4.78, 5) is 34.0. The van der Waals surface area contributed by atoms with Crippen molar-refractivity contribution >= 4 is 17.9 Å². The molecule has 0 fully saturated rings. The average molecular weight is 282 g/mol. The van der Waals surface area contributed by atoms with Gasteiger partial charge in [0.05, 0.1) is 11.3 Å². The summed E-state index contributed by atoms with van der Waals surface area (Å²) in [5, 5.41) is 9.25. The maximum absolute atomic E-state index is 12.0. The van der Waals surface area contributed by atoms with Gasteiger partial charge in [-0.1, -0.05) is 18.7 Å². The first-order chi connectivity index (χ1) is 9.41. The molecule has 1 N–H and O–H groups in total. The Bertz CT molecular complexity index is 439. The van der Waals surface area contributed by atoms with Gasteiger partial charge in [0.2, 0.25) is 0 Å². The Morgan fingerprint density at radius 1 is 1.40 bits per heavy atom. The molecule has 0 aromatic rings. The van der Waals surface area contributed by atoms with Gasteiger partial charge in [-0.3, -0.25) is 9.59 Å². The lowest BCUT2D eigenvalue weighted by Crippen LogP contribution is -2.41. The van der Waals surface area contributed by atoms with Gasteiger partial charge in [0.15, 0.2) is 0 Å². The largest absolute Gasteiger partial charge is 0.481 e. The van der Waals surface area contributed by atoms with Crippen molar-refractivity contribution in [1.29, 1.82) is 0 Å². The highest BCUT2D eigenvalue weighted by atomic mass is 16.6. The number of hydrogen-bond donors (Lipinski definition) is 1. The first-order valence-electron chi connectivity index (χ1n) is 6.28. The molecule has 1 aliphatic carbocycles. The lowest BCUT2D eigenvalue weighted by molar-refractivity contribution is -0.164. The van der Waals surface area contributed by atoms with Crippen molar-refractivity contribution in [3.05, 3.63) is 24.8 Å². The SMILES string of the molecule is C=CC(=O)OCCOC(=O)C1CCC=CC1(C)C(=O)O. The lowest BCUT2D eigenvalue weighted by Gasteiger charge is -2.32. The standard InChI is InChI=1S/C14H18O6/c1-3-11(15)19-8-9-20-12(16)10-6-4-5-7-14(10,2)13(17)18/h3,5,7,10H,1,4,6,8-9H2,2H3,(H,17,18). The molecular weight excluding hydrogens is 264 g/mol. The van der Waals surface area contributed by atoms with Gasteiger partial charge in [-0.25, -0.2) is 4.79 Å². The second kappa shape index (κ2) is 6.88. The minimum Gasteiger partial charge on any atom is -0.481 e. The van der Waals surface area contributed by atoms with Crippen LogP contribution in [0.2, 0.25) is 0 Å². The average Bonchev–Trinajstić information content (AvgIpc) is 2.43. The molecule has 0 saturated heterocycles. The number of esters is 2. The van der Waals surface area contributed by atoms with E-state index in [9.17, 15) is 19.5 Å². The zero-order valence-corrected chi connectivity index (χ0v) is 11.3. The molecule has 0 saturated carbocycles. The fourth-order valence-corrected chi connectivity index (χ4v) is 2.03. The first-order valence-corrected chi connectivity index (χ1v) is 6.28. The fourth-order valence-electron chi connectivity index (χ4n) is 2.03. The summed E-state index contributed by atoms with van der Waals surface area (Å²) in [5.41, 5.74) is -1.26. The molecule has 0 aromatic heterocycles. The van der Waals surface area contributed by atoms with Crippen LogP contribution in [0.25, 0.3) is 0 Å². The van der Waals surface area contributed by atoms with Gasteiger partial charge in [-0.2, -0.15) is 0 Å². The number of ether oxygens (including phenoxy) is 2. The molecule has 1 rings (SSSR count). The van der Waals surface area contributed by atoms with Gasteiger partial charge in [0.25, 0.3) is 0 Å². The maximum atomic E-state index is 12.0. The molecule has 1 aliphatic rings. The monoisotopic (exact) mass is 282 g/mol. The molecule has 0 aromatic carbocycles. The molecule has 0 aliphatic heterocycles. The molecule has 6 heteroatoms. The van der Waals surface area contributed by atoms with Crippen molar-refractivity contribution in [2.45, 2.75) is 19.8 Å². The summed E-state index contributed by atoms with van der Waals surface area (Å²) in [6, 6.07) is 0. The number of carbonyl (C=O) groups is 3. The zero-order chi connectivity index (χ0) is 15.2. The topological polar surface area (TPSA) is 89.9 Å². The van der Waals surface area contributed by atoms with Crippen LogP contribution in [0.3, 0.4) is 0 Å². The van der Waals surface area contributed by atoms with Crippen LogP contribution in [0, 0.1) is 11.3 Å². The van der Waals surface area contributed by atoms with Crippen LogP contribution < -0.4 is 0 Å². The van der Waals surface area contributed by atoms with Crippen molar-refractivity contribution < 1.29 is 29.0 Å². The van der Waals surface area contributed by atoms with Gasteiger partial charge in [0, 0.05) is 6.08 Å². The quantitative estimate of drug-likeness (QED) is 0.342. The van der Waals surface area contributed by atoms with Crippen LogP contribution in [-0.2, 0) is 23.9 Å². The van der Waals surface area contributed by atoms with Crippen molar-refractivity contribution in [2.24, 2.45) is 11.3 Å². The summed E-state index contributed by atoms with van der Waals surface area (Å²) < 4.78 is 9.64. The predicted octanol–water partition coefficient (Wildman–Crippen LogP) is 1.32. The number of rotatable bonds is 6. The van der Waals surface area contributed by atoms with Gasteiger partial charge in [-0.15, -0.1) is 0 Å². The minimum absolute atomic E-state index is 0.0804. The fraction of sp³-hybridized carbons (Fsp3) is 0.500. The Balaban J connectivity index is 2.54. The van der Waals surface area contributed by atoms with Gasteiger partial charge in [0.1, 0.15) is 13.2 Å². The van der Waals surface area contributed by atoms with E-state index in [4.69, 9.17) is 4.74 Å². The van der Waals surface area contributed by atoms with E-state index in [1.807, 2.05) is 0 Å². The molecule has 0 radical (unpaired) electrons. The summed E-state index contributed by atoms with van der Waals surface area (Å²) in [6.07, 6.45) is 5.35. The highest BCUT2D eigenvalue weighted by molar-refractivity contribution is 5.86. The van der Waals surface area contributed by atoms with E-state index in [1.54, 1.807) is 6.08 Å². The maximum Gasteiger partial charge on any atom is 0.330 e. The van der Waals surface area contributed by atoms with Gasteiger partial charge >= 0.3 is 17.9 Å². The number of carboxylic acids is 1. The van der Waals surface area contributed by atoms with E-state index in [1.165, 1.54) is 13.0 Å². The Labute approximate surface area is 117 Å². The number of aliphatic carboxylic acids is 1. The van der Waals surface area contributed by atoms with Crippen molar-refractivity contribution in [3.8, 4) is 0 Å². The van der Waals surface area contributed by atoms with Gasteiger partial charge in [-0.05, 0) is 19.8 Å². The smallest absolute Gasteiger partial charge is 0.330 e. The van der Waals surface area contributed by atoms with Crippen molar-refractivity contribution in [3.63, 3.8) is 0 Å². The summed E-state index contributed by atoms with van der Waals surface area (Å²) in [7, 11) is 0. The van der Waals surface area contributed by atoms with Crippen LogP contribution in [0.4, 0.5) is 0 Å². The van der Waals surface area contributed by atoms with E-state index in [0.29, 0.717) is 12.8 Å². The van der Waals surface area contributed by atoms with Crippen LogP contribution in [0.15, 0.2) is 24.8 Å². The predicted molar refractivity (Wildman–Crippen MR) is 69.7 cm³/mol. The highest BCUT2D eigenvalue weighted by Gasteiger charge is 2.45. The van der Waals surface area contributed by atoms with E-state index in [0.717, 1.165) is 6.08 Å². The van der Waals surface area contributed by atoms with Crippen LogP contribution >= 0.6 is 0 Å². The molecule has 0 spiro atoms. The second-order valence-corrected chi connectivity index (χ2v) is 4.66. The molecule has 2 unspecified atom stereocenters. The summed E-state index contributed by atoms with van der Waals surface area (Å²) in [5.74, 6) is -2.99. The minimum atomic E-state index is -1.26. The molecule has 2 atom stereocenters. The molecule has 20 heavy (non-hydrogen) atoms. The third-order valence-corrected chi connectivity index (χ3v) is 3.29. The second-order valence-electron chi connectivity index (χ2n) is 4.66. The van der Waals surface area contributed by atoms with Crippen molar-refractivity contribution in [1.82, 2.24) is 0 Å². The normalized spacial score (nSPS) is 24.8. The Hall–Kier alpha value is -2.11. The Morgan fingerprint density at radius 2 is 2.05 bits per heavy atom. The van der Waals surface area contributed by atoms with E-state index in [2.05, 4.69) is 11.3 Å². The van der Waals surface area contributed by atoms with Crippen LogP contribution in [0.1, 0.15) is 19.8 Å². The summed E-state index contributed by atoms with van der Waals surface area (Å²) >= 11 is 0. The van der Waals surface area contributed by atoms with Crippen LogP contribution in [0.5, 0.6) is 0 Å². The molecule has 0 bridgehead atoms. The van der Waals surface area contributed by atoms with E-state index >= 15 is 0 Å². The van der Waals surface area contributed by atoms with Gasteiger partial charge < -0.3 is 14.6 Å². The summed E-state index contributed by atoms with van der Waals surface area (Å²) in [6.45, 7) is 4.54. The molecule has 6 nitrogen and oxygen atoms in total. The molecule has 0 amide bonds. The lowest BCUT2D eigenvalue weighted by atomic mass is 9.71. The van der Waals surface area contributed by atoms with Crippen molar-refractivity contribution in [2.75, 3.05) is 13.2 Å². The number of carboxylic acid groups (broad SMARTS) is 1. The zero-order valence-electron chi connectivity index (χ0n) is 11.3. The van der Waals surface area contributed by atoms with E-state index < -0.39 is 29.2 Å². The third-order valence-electron chi connectivity index (χ3n) is 3.29. The third kappa shape index (κ3) is 3.69. The molecule has 110 valence electrons. The Morgan fingerprint density at radius 3 is 2.65 bits per heavy atom. The molecule has 0 heterocycles. The Kier molecular flexibility index (Phi) is 5.49.